The summed E-state index contributed by atoms with van der Waals surface area (Å²) in [7, 11) is 0. The van der Waals surface area contributed by atoms with Gasteiger partial charge in [0.1, 0.15) is 11.5 Å². The van der Waals surface area contributed by atoms with Crippen LogP contribution in [0.1, 0.15) is 17.4 Å². The van der Waals surface area contributed by atoms with E-state index in [1.165, 1.54) is 12.3 Å². The average Bonchev–Trinajstić information content (AvgIpc) is 3.20. The Bertz CT molecular complexity index is 994. The van der Waals surface area contributed by atoms with Gasteiger partial charge in [-0.25, -0.2) is 0 Å². The molecule has 0 fully saturated rings. The fourth-order valence-corrected chi connectivity index (χ4v) is 2.76. The predicted octanol–water partition coefficient (Wildman–Crippen LogP) is 4.00. The van der Waals surface area contributed by atoms with Crippen LogP contribution in [0.4, 0.5) is 11.4 Å². The van der Waals surface area contributed by atoms with Crippen molar-refractivity contribution in [3.05, 3.63) is 84.3 Å². The molecule has 2 N–H and O–H groups in total. The van der Waals surface area contributed by atoms with Crippen molar-refractivity contribution >= 4 is 29.3 Å². The van der Waals surface area contributed by atoms with E-state index in [1.807, 2.05) is 30.3 Å². The van der Waals surface area contributed by atoms with E-state index in [1.54, 1.807) is 36.4 Å². The van der Waals surface area contributed by atoms with Gasteiger partial charge in [-0.05, 0) is 36.4 Å². The van der Waals surface area contributed by atoms with Crippen LogP contribution in [0.25, 0.3) is 6.08 Å². The number of nitrogens with one attached hydrogen (secondary N) is 2. The first-order valence-corrected chi connectivity index (χ1v) is 8.38. The minimum atomic E-state index is -0.699. The summed E-state index contributed by atoms with van der Waals surface area (Å²) < 4.78 is 11.0. The number of hydrogen-bond acceptors (Lipinski definition) is 4. The van der Waals surface area contributed by atoms with Crippen molar-refractivity contribution in [2.45, 2.75) is 6.10 Å². The molecule has 1 aliphatic rings. The Balaban J connectivity index is 1.47. The molecule has 2 aromatic carbocycles. The summed E-state index contributed by atoms with van der Waals surface area (Å²) in [6.07, 6.45) is 3.78. The maximum atomic E-state index is 12.4. The highest BCUT2D eigenvalue weighted by molar-refractivity contribution is 6.03. The number of ether oxygens (including phenoxy) is 1. The fourth-order valence-electron chi connectivity index (χ4n) is 2.76. The fraction of sp³-hybridized carbons (Fsp3) is 0.0476. The van der Waals surface area contributed by atoms with Crippen LogP contribution in [-0.4, -0.2) is 11.8 Å². The smallest absolute Gasteiger partial charge is 0.270 e. The zero-order valence-electron chi connectivity index (χ0n) is 14.2. The van der Waals surface area contributed by atoms with E-state index in [2.05, 4.69) is 10.6 Å². The molecule has 6 nitrogen and oxygen atoms in total. The van der Waals surface area contributed by atoms with Crippen molar-refractivity contribution in [2.75, 3.05) is 10.6 Å². The molecular weight excluding hydrogens is 344 g/mol. The first kappa shape index (κ1) is 16.7. The molecule has 6 heteroatoms. The number of carbonyl (C=O) groups excluding carboxylic acids is 2. The van der Waals surface area contributed by atoms with Crippen LogP contribution in [-0.2, 0) is 9.59 Å². The Kier molecular flexibility index (Phi) is 4.45. The van der Waals surface area contributed by atoms with Gasteiger partial charge in [0, 0.05) is 17.3 Å². The number of benzene rings is 2. The molecule has 1 aliphatic heterocycles. The molecule has 0 bridgehead atoms. The van der Waals surface area contributed by atoms with Gasteiger partial charge in [-0.15, -0.1) is 0 Å². The second kappa shape index (κ2) is 7.21. The van der Waals surface area contributed by atoms with Gasteiger partial charge >= 0.3 is 0 Å². The molecule has 0 aliphatic carbocycles. The summed E-state index contributed by atoms with van der Waals surface area (Å²) in [6, 6.07) is 17.9. The number of fused-ring (bicyclic) bond motifs is 1. The lowest BCUT2D eigenvalue weighted by Gasteiger charge is -2.26. The zero-order valence-corrected chi connectivity index (χ0v) is 14.2. The van der Waals surface area contributed by atoms with Crippen LogP contribution in [0.5, 0.6) is 5.75 Å². The van der Waals surface area contributed by atoms with E-state index in [0.29, 0.717) is 22.9 Å². The third kappa shape index (κ3) is 3.74. The van der Waals surface area contributed by atoms with E-state index >= 15 is 0 Å². The van der Waals surface area contributed by atoms with Crippen molar-refractivity contribution in [2.24, 2.45) is 0 Å². The lowest BCUT2D eigenvalue weighted by atomic mass is 10.1. The molecule has 0 radical (unpaired) electrons. The van der Waals surface area contributed by atoms with Crippen molar-refractivity contribution < 1.29 is 18.7 Å². The van der Waals surface area contributed by atoms with Crippen LogP contribution >= 0.6 is 0 Å². The predicted molar refractivity (Wildman–Crippen MR) is 101 cm³/mol. The summed E-state index contributed by atoms with van der Waals surface area (Å²) in [5.74, 6) is 0.572. The Morgan fingerprint density at radius 2 is 1.93 bits per heavy atom. The normalized spacial score (nSPS) is 15.7. The summed E-state index contributed by atoms with van der Waals surface area (Å²) in [6.45, 7) is 0. The molecule has 0 saturated carbocycles. The third-order valence-corrected chi connectivity index (χ3v) is 4.03. The molecule has 1 aromatic heterocycles. The van der Waals surface area contributed by atoms with Crippen LogP contribution in [0.15, 0.2) is 77.4 Å². The maximum absolute atomic E-state index is 12.4. The van der Waals surface area contributed by atoms with Gasteiger partial charge in [0.2, 0.25) is 12.0 Å². The lowest BCUT2D eigenvalue weighted by Crippen LogP contribution is -2.30. The van der Waals surface area contributed by atoms with Gasteiger partial charge in [0.15, 0.2) is 0 Å². The molecule has 27 heavy (non-hydrogen) atoms. The van der Waals surface area contributed by atoms with Crippen LogP contribution in [0.3, 0.4) is 0 Å². The molecule has 134 valence electrons. The molecular formula is C21H16N2O4. The highest BCUT2D eigenvalue weighted by Crippen LogP contribution is 2.36. The van der Waals surface area contributed by atoms with Crippen molar-refractivity contribution in [3.63, 3.8) is 0 Å². The molecule has 1 unspecified atom stereocenters. The number of amides is 2. The molecule has 3 aromatic rings. The van der Waals surface area contributed by atoms with Crippen molar-refractivity contribution in [1.29, 1.82) is 0 Å². The minimum absolute atomic E-state index is 0.255. The monoisotopic (exact) mass is 360 g/mol. The Morgan fingerprint density at radius 3 is 2.70 bits per heavy atom. The van der Waals surface area contributed by atoms with E-state index < -0.39 is 6.10 Å². The van der Waals surface area contributed by atoms with Crippen molar-refractivity contribution in [1.82, 2.24) is 0 Å². The third-order valence-electron chi connectivity index (χ3n) is 4.03. The van der Waals surface area contributed by atoms with Gasteiger partial charge in [-0.1, -0.05) is 30.3 Å². The molecule has 0 saturated heterocycles. The summed E-state index contributed by atoms with van der Waals surface area (Å²) >= 11 is 0. The molecule has 2 heterocycles. The lowest BCUT2D eigenvalue weighted by molar-refractivity contribution is -0.123. The largest absolute Gasteiger partial charge is 0.474 e. The number of anilines is 2. The van der Waals surface area contributed by atoms with E-state index in [0.717, 1.165) is 5.56 Å². The summed E-state index contributed by atoms with van der Waals surface area (Å²) in [4.78, 5) is 24.4. The van der Waals surface area contributed by atoms with E-state index in [9.17, 15) is 9.59 Å². The Morgan fingerprint density at radius 1 is 1.07 bits per heavy atom. The quantitative estimate of drug-likeness (QED) is 0.689. The number of furan rings is 1. The molecule has 4 rings (SSSR count). The van der Waals surface area contributed by atoms with Gasteiger partial charge in [0.25, 0.3) is 5.91 Å². The second-order valence-corrected chi connectivity index (χ2v) is 5.95. The SMILES string of the molecule is O=C(/C=C/c1ccco1)Nc1ccc2c(c1)NC(=O)C(c1ccccc1)O2. The molecule has 2 amide bonds. The van der Waals surface area contributed by atoms with Crippen LogP contribution in [0, 0.1) is 0 Å². The number of rotatable bonds is 4. The number of hydrogen-bond donors (Lipinski definition) is 2. The Labute approximate surface area is 155 Å². The standard InChI is InChI=1S/C21H16N2O4/c24-19(11-9-16-7-4-12-26-16)22-15-8-10-18-17(13-15)23-21(25)20(27-18)14-5-2-1-3-6-14/h1-13,20H,(H,22,24)(H,23,25)/b11-9+. The van der Waals surface area contributed by atoms with E-state index in [4.69, 9.17) is 9.15 Å². The molecule has 0 spiro atoms. The molecule has 1 atom stereocenters. The second-order valence-electron chi connectivity index (χ2n) is 5.95. The minimum Gasteiger partial charge on any atom is -0.474 e. The van der Waals surface area contributed by atoms with Gasteiger partial charge in [0.05, 0.1) is 12.0 Å². The first-order valence-electron chi connectivity index (χ1n) is 8.38. The van der Waals surface area contributed by atoms with E-state index in [-0.39, 0.29) is 11.8 Å². The van der Waals surface area contributed by atoms with Gasteiger partial charge in [-0.2, -0.15) is 0 Å². The van der Waals surface area contributed by atoms with Crippen LogP contribution < -0.4 is 15.4 Å². The first-order chi connectivity index (χ1) is 13.2. The maximum Gasteiger partial charge on any atom is 0.270 e. The zero-order chi connectivity index (χ0) is 18.6. The topological polar surface area (TPSA) is 80.6 Å². The Hall–Kier alpha value is -3.80. The highest BCUT2D eigenvalue weighted by Gasteiger charge is 2.29. The highest BCUT2D eigenvalue weighted by atomic mass is 16.5. The van der Waals surface area contributed by atoms with Crippen molar-refractivity contribution in [3.8, 4) is 5.75 Å². The number of carbonyl (C=O) groups is 2. The van der Waals surface area contributed by atoms with Gasteiger partial charge < -0.3 is 19.8 Å². The summed E-state index contributed by atoms with van der Waals surface area (Å²) in [5, 5.41) is 5.57. The van der Waals surface area contributed by atoms with Gasteiger partial charge in [-0.3, -0.25) is 9.59 Å². The van der Waals surface area contributed by atoms with Crippen LogP contribution in [0.2, 0.25) is 0 Å². The average molecular weight is 360 g/mol. The summed E-state index contributed by atoms with van der Waals surface area (Å²) in [5.41, 5.74) is 1.84.